The number of hydrogen-bond donors (Lipinski definition) is 4. The Morgan fingerprint density at radius 3 is 0.773 bits per heavy atom. The van der Waals surface area contributed by atoms with Gasteiger partial charge >= 0.3 is 23.9 Å². The molecule has 0 fully saturated rings. The van der Waals surface area contributed by atoms with E-state index in [1.54, 1.807) is 62.3 Å². The molecule has 0 heterocycles. The van der Waals surface area contributed by atoms with Gasteiger partial charge in [-0.05, 0) is 88.6 Å². The molecule has 0 bridgehead atoms. The van der Waals surface area contributed by atoms with Crippen LogP contribution in [0.15, 0.2) is 5.11 Å². The molecule has 0 radical (unpaired) electrons. The molecule has 0 aliphatic heterocycles. The van der Waals surface area contributed by atoms with Gasteiger partial charge in [0.2, 0.25) is 0 Å². The van der Waals surface area contributed by atoms with Crippen LogP contribution in [0.1, 0.15) is 83.1 Å². The second kappa shape index (κ2) is 64.9. The average molecular weight is 1310 g/mol. The molecular weight excluding hydrogens is 1200 g/mol. The lowest BCUT2D eigenvalue weighted by atomic mass is 10.2. The van der Waals surface area contributed by atoms with Crippen molar-refractivity contribution in [3.8, 4) is 0 Å². The molecule has 0 aromatic carbocycles. The van der Waals surface area contributed by atoms with Gasteiger partial charge in [0.25, 0.3) is 10.1 Å². The topological polar surface area (TPSA) is 413 Å². The standard InChI is InChI=1S/C13H26O8S.C12H23N3O5.C12H25NO5.C12H24O6.C6H14O4/c1-13(2,3)21-12(14)11-19-8-7-17-5-6-18-9-10-20-22(4,15)16;1-12(2,3)20-11(16)10-19-9-8-18-7-6-17-5-4-14-15-13;2*1-12(2,3)18-11(14)10-17-9-8-16-7-6-15-5-4-13;7-1-3-9-5-6-10-4-2-8/h5-11H2,1-4H3;4-10H2,1-3H3;4-10,13H2,1-3H3;13H,4-10H2,1-3H3;7-8H,1-6H2. The molecule has 0 saturated heterocycles. The van der Waals surface area contributed by atoms with Crippen molar-refractivity contribution in [2.45, 2.75) is 105 Å². The predicted octanol–water partition coefficient (Wildman–Crippen LogP) is 1.75. The first-order chi connectivity index (χ1) is 41.4. The molecule has 526 valence electrons. The van der Waals surface area contributed by atoms with Gasteiger partial charge in [0.05, 0.1) is 191 Å². The van der Waals surface area contributed by atoms with Crippen molar-refractivity contribution in [3.05, 3.63) is 10.4 Å². The lowest BCUT2D eigenvalue weighted by Crippen LogP contribution is -2.27. The maximum absolute atomic E-state index is 11.3. The van der Waals surface area contributed by atoms with Gasteiger partial charge in [0.1, 0.15) is 48.8 Å². The van der Waals surface area contributed by atoms with Crippen molar-refractivity contribution < 1.29 is 132 Å². The summed E-state index contributed by atoms with van der Waals surface area (Å²) in [6.07, 6.45) is 0.980. The van der Waals surface area contributed by atoms with Crippen LogP contribution < -0.4 is 5.73 Å². The van der Waals surface area contributed by atoms with Crippen molar-refractivity contribution in [2.75, 3.05) is 231 Å². The van der Waals surface area contributed by atoms with Crippen molar-refractivity contribution >= 4 is 34.0 Å². The fraction of sp³-hybridized carbons (Fsp3) is 0.927. The zero-order valence-corrected chi connectivity index (χ0v) is 55.7. The van der Waals surface area contributed by atoms with Crippen LogP contribution in [0.5, 0.6) is 0 Å². The molecule has 32 nitrogen and oxygen atoms in total. The summed E-state index contributed by atoms with van der Waals surface area (Å²) in [5.41, 5.74) is 11.3. The molecule has 0 rings (SSSR count). The lowest BCUT2D eigenvalue weighted by molar-refractivity contribution is -0.161. The Morgan fingerprint density at radius 1 is 0.364 bits per heavy atom. The van der Waals surface area contributed by atoms with Gasteiger partial charge in [-0.2, -0.15) is 8.42 Å². The van der Waals surface area contributed by atoms with Gasteiger partial charge < -0.3 is 106 Å². The number of esters is 4. The van der Waals surface area contributed by atoms with Gasteiger partial charge in [-0.1, -0.05) is 5.11 Å². The van der Waals surface area contributed by atoms with E-state index in [9.17, 15) is 27.6 Å². The molecule has 0 aliphatic rings. The number of carbonyl (C=O) groups excluding carboxylic acids is 4. The fourth-order valence-corrected chi connectivity index (χ4v) is 5.23. The maximum atomic E-state index is 11.3. The summed E-state index contributed by atoms with van der Waals surface area (Å²) >= 11 is 0. The normalized spacial score (nSPS) is 11.5. The minimum absolute atomic E-state index is 0.0129. The number of aliphatic hydroxyl groups excluding tert-OH is 3. The number of nitrogens with two attached hydrogens (primary N) is 1. The van der Waals surface area contributed by atoms with Crippen LogP contribution in [-0.2, 0) is 119 Å². The lowest BCUT2D eigenvalue weighted by Gasteiger charge is -2.19. The first kappa shape index (κ1) is 93.1. The summed E-state index contributed by atoms with van der Waals surface area (Å²) in [5, 5.41) is 28.3. The van der Waals surface area contributed by atoms with E-state index in [-0.39, 0.29) is 84.0 Å². The Morgan fingerprint density at radius 2 is 0.568 bits per heavy atom. The highest BCUT2D eigenvalue weighted by atomic mass is 32.2. The Balaban J connectivity index is -0.000000332. The number of rotatable bonds is 50. The van der Waals surface area contributed by atoms with Gasteiger partial charge in [-0.3, -0.25) is 4.18 Å². The van der Waals surface area contributed by atoms with Crippen LogP contribution in [0.3, 0.4) is 0 Å². The minimum Gasteiger partial charge on any atom is -0.458 e. The highest BCUT2D eigenvalue weighted by Crippen LogP contribution is 2.09. The van der Waals surface area contributed by atoms with E-state index in [0.717, 1.165) is 6.26 Å². The number of aliphatic hydroxyl groups is 3. The van der Waals surface area contributed by atoms with Crippen molar-refractivity contribution in [2.24, 2.45) is 10.8 Å². The van der Waals surface area contributed by atoms with E-state index in [4.69, 9.17) is 112 Å². The maximum Gasteiger partial charge on any atom is 0.332 e. The van der Waals surface area contributed by atoms with Crippen molar-refractivity contribution in [1.29, 1.82) is 0 Å². The molecule has 88 heavy (non-hydrogen) atoms. The predicted molar refractivity (Wildman–Crippen MR) is 320 cm³/mol. The summed E-state index contributed by atoms with van der Waals surface area (Å²) in [7, 11) is -3.42. The molecule has 0 amide bonds. The summed E-state index contributed by atoms with van der Waals surface area (Å²) in [6, 6.07) is 0. The van der Waals surface area contributed by atoms with E-state index < -0.39 is 38.5 Å². The Labute approximate surface area is 522 Å². The van der Waals surface area contributed by atoms with Crippen LogP contribution >= 0.6 is 0 Å². The largest absolute Gasteiger partial charge is 0.458 e. The third-order valence-electron chi connectivity index (χ3n) is 7.80. The first-order valence-corrected chi connectivity index (χ1v) is 30.5. The summed E-state index contributed by atoms with van der Waals surface area (Å²) < 4.78 is 117. The van der Waals surface area contributed by atoms with Crippen molar-refractivity contribution in [1.82, 2.24) is 0 Å². The summed E-state index contributed by atoms with van der Waals surface area (Å²) in [6.45, 7) is 31.5. The molecule has 5 N–H and O–H groups in total. The second-order valence-corrected chi connectivity index (χ2v) is 22.8. The van der Waals surface area contributed by atoms with E-state index in [1.165, 1.54) is 0 Å². The average Bonchev–Trinajstić information content (AvgIpc) is 3.45. The minimum atomic E-state index is -3.42. The van der Waals surface area contributed by atoms with E-state index in [0.29, 0.717) is 158 Å². The van der Waals surface area contributed by atoms with E-state index >= 15 is 0 Å². The Bertz CT molecular complexity index is 1690. The molecule has 0 atom stereocenters. The fourth-order valence-electron chi connectivity index (χ4n) is 4.86. The molecule has 0 aromatic heterocycles. The highest BCUT2D eigenvalue weighted by Gasteiger charge is 2.19. The smallest absolute Gasteiger partial charge is 0.332 e. The SMILES string of the molecule is CC(C)(C)OC(=O)COCCOCCOCCN.CC(C)(C)OC(=O)COCCOCCOCCN=[N+]=[N-].CC(C)(C)OC(=O)COCCOCCOCCO.CC(C)(C)OC(=O)COCCOCCOCCOS(C)(=O)=O.OCCOCCOCCO. The monoisotopic (exact) mass is 1310 g/mol. The number of hydrogen-bond acceptors (Lipinski definition) is 30. The zero-order chi connectivity index (χ0) is 67.7. The van der Waals surface area contributed by atoms with Crippen LogP contribution in [0.4, 0.5) is 0 Å². The number of carbonyl (C=O) groups is 4. The van der Waals surface area contributed by atoms with Crippen LogP contribution in [0, 0.1) is 0 Å². The second-order valence-electron chi connectivity index (χ2n) is 21.1. The Hall–Kier alpha value is -3.62. The highest BCUT2D eigenvalue weighted by molar-refractivity contribution is 7.85. The van der Waals surface area contributed by atoms with Crippen LogP contribution in [0.25, 0.3) is 10.4 Å². The number of ether oxygens (including phenoxy) is 18. The molecule has 0 saturated carbocycles. The van der Waals surface area contributed by atoms with Gasteiger partial charge in [0.15, 0.2) is 0 Å². The zero-order valence-electron chi connectivity index (χ0n) is 54.9. The van der Waals surface area contributed by atoms with Crippen LogP contribution in [0.2, 0.25) is 0 Å². The third-order valence-corrected chi connectivity index (χ3v) is 8.40. The molecule has 0 unspecified atom stereocenters. The Kier molecular flexibility index (Phi) is 68.7. The number of nitrogens with zero attached hydrogens (tertiary/aromatic N) is 3. The van der Waals surface area contributed by atoms with E-state index in [1.807, 2.05) is 20.8 Å². The molecule has 0 aliphatic carbocycles. The van der Waals surface area contributed by atoms with Crippen molar-refractivity contribution in [3.63, 3.8) is 0 Å². The summed E-state index contributed by atoms with van der Waals surface area (Å²) in [4.78, 5) is 47.7. The third kappa shape index (κ3) is 101. The quantitative estimate of drug-likeness (QED) is 0.0128. The molecule has 0 spiro atoms. The summed E-state index contributed by atoms with van der Waals surface area (Å²) in [5.74, 6) is -1.55. The molecule has 0 aromatic rings. The first-order valence-electron chi connectivity index (χ1n) is 28.7. The van der Waals surface area contributed by atoms with Gasteiger partial charge in [-0.15, -0.1) is 0 Å². The van der Waals surface area contributed by atoms with E-state index in [2.05, 4.69) is 14.2 Å². The molecular formula is C55H112N4O28S. The van der Waals surface area contributed by atoms with Gasteiger partial charge in [-0.25, -0.2) is 19.2 Å². The van der Waals surface area contributed by atoms with Gasteiger partial charge in [0, 0.05) is 18.0 Å². The number of azide groups is 1. The molecule has 33 heteroatoms. The van der Waals surface area contributed by atoms with Crippen LogP contribution in [-0.4, -0.2) is 301 Å².